The van der Waals surface area contributed by atoms with Crippen LogP contribution in [0.25, 0.3) is 0 Å². The quantitative estimate of drug-likeness (QED) is 0.395. The van der Waals surface area contributed by atoms with Gasteiger partial charge in [-0.1, -0.05) is 78.1 Å². The molecule has 1 heteroatoms. The molecule has 1 aliphatic carbocycles. The van der Waals surface area contributed by atoms with Crippen LogP contribution >= 0.6 is 0 Å². The van der Waals surface area contributed by atoms with Crippen molar-refractivity contribution in [2.45, 2.75) is 103 Å². The van der Waals surface area contributed by atoms with Crippen LogP contribution in [0, 0.1) is 0 Å². The molecule has 0 saturated heterocycles. The third kappa shape index (κ3) is 26.3. The number of rotatable bonds is 4. The fraction of sp³-hybridized carbons (Fsp3) is 1.00. The zero-order valence-electron chi connectivity index (χ0n) is 13.4. The van der Waals surface area contributed by atoms with Crippen LogP contribution in [0.3, 0.4) is 0 Å². The van der Waals surface area contributed by atoms with Gasteiger partial charge in [0, 0.05) is 0 Å². The molecule has 1 fully saturated rings. The second-order valence-corrected chi connectivity index (χ2v) is 5.63. The molecular weight excluding hydrogens is 199 g/mol. The molecule has 1 saturated carbocycles. The number of hydrogen-bond donors (Lipinski definition) is 0. The summed E-state index contributed by atoms with van der Waals surface area (Å²) < 4.78 is 0.884. The van der Waals surface area contributed by atoms with Gasteiger partial charge in [0.15, 0.2) is 0 Å². The predicted octanol–water partition coefficient (Wildman–Crippen LogP) is 6.30. The SMILES string of the molecule is C1CCCCC1.CCCCCC.[Li][CH](C)CC. The van der Waals surface area contributed by atoms with E-state index < -0.39 is 0 Å². The fourth-order valence-corrected chi connectivity index (χ4v) is 1.56. The second-order valence-electron chi connectivity index (χ2n) is 5.63. The van der Waals surface area contributed by atoms with Crippen LogP contribution < -0.4 is 0 Å². The minimum absolute atomic E-state index is 0.884. The van der Waals surface area contributed by atoms with E-state index in [1.165, 1.54) is 70.6 Å². The van der Waals surface area contributed by atoms with Crippen molar-refractivity contribution in [3.05, 3.63) is 0 Å². The van der Waals surface area contributed by atoms with Gasteiger partial charge in [-0.05, 0) is 0 Å². The molecule has 0 aromatic heterocycles. The molecule has 0 bridgehead atoms. The number of hydrogen-bond acceptors (Lipinski definition) is 0. The van der Waals surface area contributed by atoms with Crippen LogP contribution in [-0.2, 0) is 0 Å². The Bertz CT molecular complexity index is 90.6. The third-order valence-corrected chi connectivity index (χ3v) is 3.27. The second kappa shape index (κ2) is 18.9. The van der Waals surface area contributed by atoms with Gasteiger partial charge in [0.05, 0.1) is 0 Å². The van der Waals surface area contributed by atoms with Gasteiger partial charge in [0.25, 0.3) is 0 Å². The molecule has 0 aliphatic heterocycles. The summed E-state index contributed by atoms with van der Waals surface area (Å²) in [6.45, 7) is 8.88. The van der Waals surface area contributed by atoms with Crippen LogP contribution in [0.15, 0.2) is 0 Å². The molecular formula is C16H35Li. The van der Waals surface area contributed by atoms with Crippen molar-refractivity contribution in [1.29, 1.82) is 0 Å². The average Bonchev–Trinajstić information content (AvgIpc) is 2.39. The maximum atomic E-state index is 2.23. The van der Waals surface area contributed by atoms with Gasteiger partial charge in [0.2, 0.25) is 0 Å². The van der Waals surface area contributed by atoms with Crippen LogP contribution in [0.2, 0.25) is 4.59 Å². The molecule has 0 radical (unpaired) electrons. The normalized spacial score (nSPS) is 16.1. The summed E-state index contributed by atoms with van der Waals surface area (Å²) in [5.41, 5.74) is 0. The van der Waals surface area contributed by atoms with Crippen molar-refractivity contribution in [3.63, 3.8) is 0 Å². The molecule has 0 nitrogen and oxygen atoms in total. The first kappa shape index (κ1) is 19.9. The molecule has 0 spiro atoms. The van der Waals surface area contributed by atoms with Crippen molar-refractivity contribution in [3.8, 4) is 0 Å². The molecule has 0 N–H and O–H groups in total. The summed E-state index contributed by atoms with van der Waals surface area (Å²) in [7, 11) is 0. The molecule has 1 unspecified atom stereocenters. The molecule has 0 heterocycles. The van der Waals surface area contributed by atoms with Gasteiger partial charge < -0.3 is 0 Å². The molecule has 0 aromatic rings. The van der Waals surface area contributed by atoms with E-state index in [-0.39, 0.29) is 0 Å². The van der Waals surface area contributed by atoms with E-state index in [2.05, 4.69) is 45.4 Å². The van der Waals surface area contributed by atoms with Crippen molar-refractivity contribution >= 4 is 17.7 Å². The van der Waals surface area contributed by atoms with Crippen LogP contribution in [0.5, 0.6) is 0 Å². The zero-order valence-corrected chi connectivity index (χ0v) is 13.4. The Kier molecular flexibility index (Phi) is 22.2. The van der Waals surface area contributed by atoms with E-state index in [0.29, 0.717) is 0 Å². The molecule has 1 atom stereocenters. The Hall–Kier alpha value is 0.597. The van der Waals surface area contributed by atoms with E-state index in [1.54, 1.807) is 0 Å². The summed E-state index contributed by atoms with van der Waals surface area (Å²) >= 11 is 2.22. The average molecular weight is 234 g/mol. The zero-order chi connectivity index (χ0) is 13.4. The first-order valence-electron chi connectivity index (χ1n) is 8.18. The van der Waals surface area contributed by atoms with Gasteiger partial charge in [-0.3, -0.25) is 0 Å². The third-order valence-electron chi connectivity index (χ3n) is 3.27. The Morgan fingerprint density at radius 2 is 1.00 bits per heavy atom. The van der Waals surface area contributed by atoms with Crippen molar-refractivity contribution in [1.82, 2.24) is 0 Å². The first-order chi connectivity index (χ1) is 8.18. The van der Waals surface area contributed by atoms with Gasteiger partial charge in [0.1, 0.15) is 0 Å². The van der Waals surface area contributed by atoms with E-state index in [4.69, 9.17) is 0 Å². The Morgan fingerprint density at radius 3 is 1.12 bits per heavy atom. The van der Waals surface area contributed by atoms with E-state index in [0.717, 1.165) is 4.59 Å². The standard InChI is InChI=1S/C6H12.C6H14.C4H9.Li/c1-2-4-6-5-3-1;1-3-5-6-4-2;1-3-4-2;/h1-6H2;3-6H2,1-2H3;3H,4H2,1-2H3;. The van der Waals surface area contributed by atoms with Gasteiger partial charge in [-0.15, -0.1) is 0 Å². The molecule has 17 heavy (non-hydrogen) atoms. The maximum absolute atomic E-state index is 2.23. The summed E-state index contributed by atoms with van der Waals surface area (Å²) in [5.74, 6) is 0. The summed E-state index contributed by atoms with van der Waals surface area (Å²) in [6.07, 6.45) is 15.8. The van der Waals surface area contributed by atoms with Crippen molar-refractivity contribution in [2.24, 2.45) is 0 Å². The van der Waals surface area contributed by atoms with Crippen LogP contribution in [0.1, 0.15) is 98.3 Å². The first-order valence-corrected chi connectivity index (χ1v) is 8.18. The minimum atomic E-state index is 0.884. The van der Waals surface area contributed by atoms with E-state index >= 15 is 0 Å². The van der Waals surface area contributed by atoms with Crippen molar-refractivity contribution < 1.29 is 0 Å². The molecule has 0 amide bonds. The Balaban J connectivity index is 0. The van der Waals surface area contributed by atoms with Crippen LogP contribution in [-0.4, -0.2) is 17.7 Å². The van der Waals surface area contributed by atoms with E-state index in [9.17, 15) is 0 Å². The molecule has 0 aromatic carbocycles. The van der Waals surface area contributed by atoms with Crippen molar-refractivity contribution in [2.75, 3.05) is 0 Å². The molecule has 1 aliphatic rings. The summed E-state index contributed by atoms with van der Waals surface area (Å²) in [6, 6.07) is 0. The molecule has 1 rings (SSSR count). The van der Waals surface area contributed by atoms with E-state index in [1.807, 2.05) is 0 Å². The fourth-order valence-electron chi connectivity index (χ4n) is 1.56. The topological polar surface area (TPSA) is 0 Å². The van der Waals surface area contributed by atoms with Gasteiger partial charge >= 0.3 is 42.6 Å². The summed E-state index contributed by atoms with van der Waals surface area (Å²) in [5, 5.41) is 0. The van der Waals surface area contributed by atoms with Gasteiger partial charge in [-0.2, -0.15) is 0 Å². The predicted molar refractivity (Wildman–Crippen MR) is 83.0 cm³/mol. The Morgan fingerprint density at radius 1 is 0.765 bits per heavy atom. The molecule has 100 valence electrons. The Labute approximate surface area is 121 Å². The van der Waals surface area contributed by atoms with Gasteiger partial charge in [-0.25, -0.2) is 0 Å². The van der Waals surface area contributed by atoms with Crippen LogP contribution in [0.4, 0.5) is 0 Å². The number of unbranched alkanes of at least 4 members (excludes halogenated alkanes) is 3. The monoisotopic (exact) mass is 234 g/mol. The summed E-state index contributed by atoms with van der Waals surface area (Å²) in [4.78, 5) is 0.